The first kappa shape index (κ1) is 19.3. The van der Waals surface area contributed by atoms with Crippen LogP contribution in [0.25, 0.3) is 0 Å². The van der Waals surface area contributed by atoms with E-state index >= 15 is 0 Å². The van der Waals surface area contributed by atoms with Gasteiger partial charge >= 0.3 is 0 Å². The van der Waals surface area contributed by atoms with Crippen molar-refractivity contribution in [1.29, 1.82) is 0 Å². The molecule has 0 atom stereocenters. The predicted octanol–water partition coefficient (Wildman–Crippen LogP) is 4.76. The molecule has 0 unspecified atom stereocenters. The Hall–Kier alpha value is -2.49. The Labute approximate surface area is 162 Å². The number of hydrogen-bond acceptors (Lipinski definition) is 3. The lowest BCUT2D eigenvalue weighted by Gasteiger charge is -2.30. The lowest BCUT2D eigenvalue weighted by Crippen LogP contribution is -2.37. The molecular formula is C23H29NO3. The normalized spacial score (nSPS) is 14.9. The highest BCUT2D eigenvalue weighted by Crippen LogP contribution is 2.25. The van der Waals surface area contributed by atoms with Crippen LogP contribution in [-0.4, -0.2) is 31.0 Å². The third-order valence-electron chi connectivity index (χ3n) is 5.47. The molecule has 1 heterocycles. The Morgan fingerprint density at radius 3 is 2.48 bits per heavy atom. The van der Waals surface area contributed by atoms with Crippen LogP contribution in [0.3, 0.4) is 0 Å². The highest BCUT2D eigenvalue weighted by atomic mass is 16.5. The average Bonchev–Trinajstić information content (AvgIpc) is 2.68. The minimum absolute atomic E-state index is 0.0944. The van der Waals surface area contributed by atoms with Crippen LogP contribution in [-0.2, 0) is 6.61 Å². The van der Waals surface area contributed by atoms with Crippen molar-refractivity contribution in [2.45, 2.75) is 40.2 Å². The standard InChI is InChI=1S/C23H29NO3/c1-16-9-11-24(12-10-16)23(25)19-6-8-22(26-4)20(14-19)15-27-21-7-5-17(2)18(3)13-21/h5-8,13-14,16H,9-12,15H2,1-4H3. The maximum absolute atomic E-state index is 12.9. The summed E-state index contributed by atoms with van der Waals surface area (Å²) < 4.78 is 11.4. The number of hydrogen-bond donors (Lipinski definition) is 0. The summed E-state index contributed by atoms with van der Waals surface area (Å²) in [5.41, 5.74) is 4.02. The number of rotatable bonds is 5. The van der Waals surface area contributed by atoms with E-state index in [-0.39, 0.29) is 5.91 Å². The second-order valence-electron chi connectivity index (χ2n) is 7.54. The van der Waals surface area contributed by atoms with Gasteiger partial charge in [-0.2, -0.15) is 0 Å². The number of carbonyl (C=O) groups excluding carboxylic acids is 1. The van der Waals surface area contributed by atoms with Crippen molar-refractivity contribution in [2.75, 3.05) is 20.2 Å². The summed E-state index contributed by atoms with van der Waals surface area (Å²) in [6.07, 6.45) is 2.15. The molecular weight excluding hydrogens is 338 g/mol. The molecule has 27 heavy (non-hydrogen) atoms. The zero-order chi connectivity index (χ0) is 19.4. The minimum Gasteiger partial charge on any atom is -0.496 e. The van der Waals surface area contributed by atoms with Gasteiger partial charge in [0.2, 0.25) is 0 Å². The SMILES string of the molecule is COc1ccc(C(=O)N2CCC(C)CC2)cc1COc1ccc(C)c(C)c1. The molecule has 1 saturated heterocycles. The van der Waals surface area contributed by atoms with Crippen LogP contribution in [0.2, 0.25) is 0 Å². The molecule has 0 aromatic heterocycles. The van der Waals surface area contributed by atoms with Crippen LogP contribution >= 0.6 is 0 Å². The third kappa shape index (κ3) is 4.62. The second kappa shape index (κ2) is 8.47. The summed E-state index contributed by atoms with van der Waals surface area (Å²) in [4.78, 5) is 14.8. The molecule has 2 aromatic rings. The van der Waals surface area contributed by atoms with Crippen molar-refractivity contribution in [3.05, 3.63) is 58.7 Å². The first-order chi connectivity index (χ1) is 13.0. The van der Waals surface area contributed by atoms with Crippen LogP contribution in [0.4, 0.5) is 0 Å². The van der Waals surface area contributed by atoms with Gasteiger partial charge in [0.25, 0.3) is 5.91 Å². The molecule has 3 rings (SSSR count). The number of amides is 1. The molecule has 0 N–H and O–H groups in total. The monoisotopic (exact) mass is 367 g/mol. The Bertz CT molecular complexity index is 807. The van der Waals surface area contributed by atoms with Crippen molar-refractivity contribution in [2.24, 2.45) is 5.92 Å². The van der Waals surface area contributed by atoms with Gasteiger partial charge in [-0.1, -0.05) is 13.0 Å². The van der Waals surface area contributed by atoms with Crippen LogP contribution in [0, 0.1) is 19.8 Å². The van der Waals surface area contributed by atoms with Gasteiger partial charge in [-0.05, 0) is 74.1 Å². The molecule has 1 aliphatic heterocycles. The number of likely N-dealkylation sites (tertiary alicyclic amines) is 1. The first-order valence-corrected chi connectivity index (χ1v) is 9.64. The Morgan fingerprint density at radius 2 is 1.81 bits per heavy atom. The van der Waals surface area contributed by atoms with Crippen molar-refractivity contribution in [3.8, 4) is 11.5 Å². The Balaban J connectivity index is 1.74. The van der Waals surface area contributed by atoms with Crippen molar-refractivity contribution in [1.82, 2.24) is 4.90 Å². The summed E-state index contributed by atoms with van der Waals surface area (Å²) in [5, 5.41) is 0. The molecule has 4 heteroatoms. The molecule has 1 amide bonds. The molecule has 2 aromatic carbocycles. The van der Waals surface area contributed by atoms with E-state index < -0.39 is 0 Å². The number of aryl methyl sites for hydroxylation is 2. The molecule has 0 bridgehead atoms. The van der Waals surface area contributed by atoms with E-state index in [1.54, 1.807) is 7.11 Å². The zero-order valence-corrected chi connectivity index (χ0v) is 16.7. The van der Waals surface area contributed by atoms with Crippen LogP contribution in [0.15, 0.2) is 36.4 Å². The average molecular weight is 367 g/mol. The van der Waals surface area contributed by atoms with Gasteiger partial charge in [0.15, 0.2) is 0 Å². The number of benzene rings is 2. The first-order valence-electron chi connectivity index (χ1n) is 9.64. The van der Waals surface area contributed by atoms with Crippen molar-refractivity contribution in [3.63, 3.8) is 0 Å². The van der Waals surface area contributed by atoms with Gasteiger partial charge in [-0.25, -0.2) is 0 Å². The number of methoxy groups -OCH3 is 1. The molecule has 1 aliphatic rings. The summed E-state index contributed by atoms with van der Waals surface area (Å²) in [5.74, 6) is 2.35. The lowest BCUT2D eigenvalue weighted by molar-refractivity contribution is 0.0697. The summed E-state index contributed by atoms with van der Waals surface area (Å²) in [6, 6.07) is 11.7. The fourth-order valence-electron chi connectivity index (χ4n) is 3.38. The van der Waals surface area contributed by atoms with E-state index in [1.807, 2.05) is 35.2 Å². The smallest absolute Gasteiger partial charge is 0.253 e. The molecule has 0 spiro atoms. The number of ether oxygens (including phenoxy) is 2. The largest absolute Gasteiger partial charge is 0.496 e. The Kier molecular flexibility index (Phi) is 6.04. The van der Waals surface area contributed by atoms with Crippen molar-refractivity contribution < 1.29 is 14.3 Å². The molecule has 0 aliphatic carbocycles. The number of carbonyl (C=O) groups is 1. The van der Waals surface area contributed by atoms with Crippen LogP contribution < -0.4 is 9.47 Å². The fourth-order valence-corrected chi connectivity index (χ4v) is 3.38. The van der Waals surface area contributed by atoms with Gasteiger partial charge in [-0.15, -0.1) is 0 Å². The third-order valence-corrected chi connectivity index (χ3v) is 5.47. The van der Waals surface area contributed by atoms with Gasteiger partial charge in [0.1, 0.15) is 18.1 Å². The van der Waals surface area contributed by atoms with E-state index in [4.69, 9.17) is 9.47 Å². The van der Waals surface area contributed by atoms with Crippen LogP contribution in [0.5, 0.6) is 11.5 Å². The maximum Gasteiger partial charge on any atom is 0.253 e. The summed E-state index contributed by atoms with van der Waals surface area (Å²) >= 11 is 0. The maximum atomic E-state index is 12.9. The van der Waals surface area contributed by atoms with Gasteiger partial charge in [0.05, 0.1) is 7.11 Å². The van der Waals surface area contributed by atoms with E-state index in [0.717, 1.165) is 43.0 Å². The summed E-state index contributed by atoms with van der Waals surface area (Å²) in [7, 11) is 1.64. The second-order valence-corrected chi connectivity index (χ2v) is 7.54. The van der Waals surface area contributed by atoms with Gasteiger partial charge < -0.3 is 14.4 Å². The fraction of sp³-hybridized carbons (Fsp3) is 0.435. The molecule has 4 nitrogen and oxygen atoms in total. The quantitative estimate of drug-likeness (QED) is 0.764. The molecule has 1 fully saturated rings. The van der Waals surface area contributed by atoms with E-state index in [1.165, 1.54) is 11.1 Å². The topological polar surface area (TPSA) is 38.8 Å². The highest BCUT2D eigenvalue weighted by Gasteiger charge is 2.22. The van der Waals surface area contributed by atoms with E-state index in [2.05, 4.69) is 26.8 Å². The lowest BCUT2D eigenvalue weighted by atomic mass is 9.98. The van der Waals surface area contributed by atoms with E-state index in [9.17, 15) is 4.79 Å². The molecule has 144 valence electrons. The molecule has 0 radical (unpaired) electrons. The number of nitrogens with zero attached hydrogens (tertiary/aromatic N) is 1. The highest BCUT2D eigenvalue weighted by molar-refractivity contribution is 5.94. The van der Waals surface area contributed by atoms with Crippen molar-refractivity contribution >= 4 is 5.91 Å². The minimum atomic E-state index is 0.0944. The zero-order valence-electron chi connectivity index (χ0n) is 16.7. The molecule has 0 saturated carbocycles. The van der Waals surface area contributed by atoms with E-state index in [0.29, 0.717) is 18.1 Å². The summed E-state index contributed by atoms with van der Waals surface area (Å²) in [6.45, 7) is 8.43. The Morgan fingerprint density at radius 1 is 1.07 bits per heavy atom. The predicted molar refractivity (Wildman–Crippen MR) is 108 cm³/mol. The number of piperidine rings is 1. The van der Waals surface area contributed by atoms with Gasteiger partial charge in [0, 0.05) is 24.2 Å². The van der Waals surface area contributed by atoms with Gasteiger partial charge in [-0.3, -0.25) is 4.79 Å². The van der Waals surface area contributed by atoms with Crippen LogP contribution in [0.1, 0.15) is 46.8 Å².